The smallest absolute Gasteiger partial charge is 0.325 e. The van der Waals surface area contributed by atoms with Crippen LogP contribution in [-0.2, 0) is 26.5 Å². The topological polar surface area (TPSA) is 117 Å². The molecule has 186 valence electrons. The number of hydrogen-bond donors (Lipinski definition) is 2. The summed E-state index contributed by atoms with van der Waals surface area (Å²) in [6.07, 6.45) is 0. The molecule has 0 saturated carbocycles. The van der Waals surface area contributed by atoms with Crippen LogP contribution in [0.25, 0.3) is 0 Å². The fourth-order valence-electron chi connectivity index (χ4n) is 3.53. The predicted octanol–water partition coefficient (Wildman–Crippen LogP) is 1.55. The second-order valence-electron chi connectivity index (χ2n) is 8.65. The van der Waals surface area contributed by atoms with E-state index in [-0.39, 0.29) is 19.1 Å². The van der Waals surface area contributed by atoms with Gasteiger partial charge in [-0.05, 0) is 37.1 Å². The zero-order valence-electron chi connectivity index (χ0n) is 20.5. The predicted molar refractivity (Wildman–Crippen MR) is 128 cm³/mol. The van der Waals surface area contributed by atoms with Crippen LogP contribution in [0.5, 0.6) is 11.5 Å². The Morgan fingerprint density at radius 3 is 2.40 bits per heavy atom. The number of methoxy groups -OCH3 is 1. The third kappa shape index (κ3) is 5.71. The molecule has 35 heavy (non-hydrogen) atoms. The van der Waals surface area contributed by atoms with Crippen LogP contribution in [0.3, 0.4) is 0 Å². The first-order valence-corrected chi connectivity index (χ1v) is 11.0. The number of nitrogens with zero attached hydrogens (tertiary/aromatic N) is 2. The summed E-state index contributed by atoms with van der Waals surface area (Å²) in [7, 11) is 4.75. The maximum Gasteiger partial charge on any atom is 0.325 e. The SMILES string of the molecule is COc1cc(CNC(=O)CN2C(=O)NC(C)(c3ccc(C)cc3)C2=O)ccc1OCC(=O)N(C)C. The minimum absolute atomic E-state index is 0.132. The summed E-state index contributed by atoms with van der Waals surface area (Å²) in [5.74, 6) is -0.365. The second-order valence-corrected chi connectivity index (χ2v) is 8.65. The maximum atomic E-state index is 13.0. The van der Waals surface area contributed by atoms with E-state index in [1.807, 2.05) is 19.1 Å². The Bertz CT molecular complexity index is 1130. The quantitative estimate of drug-likeness (QED) is 0.524. The number of aryl methyl sites for hydroxylation is 1. The van der Waals surface area contributed by atoms with Crippen molar-refractivity contribution in [1.82, 2.24) is 20.4 Å². The largest absolute Gasteiger partial charge is 0.493 e. The molecule has 1 atom stereocenters. The van der Waals surface area contributed by atoms with E-state index in [1.54, 1.807) is 51.4 Å². The molecule has 10 nitrogen and oxygen atoms in total. The Balaban J connectivity index is 1.60. The highest BCUT2D eigenvalue weighted by Gasteiger charge is 2.49. The van der Waals surface area contributed by atoms with E-state index in [0.717, 1.165) is 10.5 Å². The van der Waals surface area contributed by atoms with Gasteiger partial charge in [0, 0.05) is 20.6 Å². The van der Waals surface area contributed by atoms with E-state index in [9.17, 15) is 19.2 Å². The van der Waals surface area contributed by atoms with E-state index >= 15 is 0 Å². The lowest BCUT2D eigenvalue weighted by molar-refractivity contribution is -0.134. The van der Waals surface area contributed by atoms with Crippen molar-refractivity contribution in [2.45, 2.75) is 25.9 Å². The molecule has 10 heteroatoms. The Morgan fingerprint density at radius 2 is 1.77 bits per heavy atom. The number of imide groups is 1. The van der Waals surface area contributed by atoms with E-state index in [2.05, 4.69) is 10.6 Å². The number of benzene rings is 2. The van der Waals surface area contributed by atoms with Crippen LogP contribution in [0.15, 0.2) is 42.5 Å². The molecule has 1 unspecified atom stereocenters. The van der Waals surface area contributed by atoms with Gasteiger partial charge < -0.3 is 25.0 Å². The van der Waals surface area contributed by atoms with Crippen LogP contribution in [0.2, 0.25) is 0 Å². The van der Waals surface area contributed by atoms with Crippen molar-refractivity contribution >= 4 is 23.8 Å². The third-order valence-corrected chi connectivity index (χ3v) is 5.77. The van der Waals surface area contributed by atoms with Crippen LogP contribution in [0, 0.1) is 6.92 Å². The van der Waals surface area contributed by atoms with Crippen LogP contribution in [-0.4, -0.2) is 67.9 Å². The van der Waals surface area contributed by atoms with Crippen molar-refractivity contribution in [2.75, 3.05) is 34.4 Å². The molecule has 1 saturated heterocycles. The summed E-state index contributed by atoms with van der Waals surface area (Å²) in [6.45, 7) is 3.16. The second kappa shape index (κ2) is 10.5. The third-order valence-electron chi connectivity index (χ3n) is 5.77. The normalized spacial score (nSPS) is 17.1. The molecule has 1 fully saturated rings. The summed E-state index contributed by atoms with van der Waals surface area (Å²) in [6, 6.07) is 11.7. The minimum atomic E-state index is -1.23. The van der Waals surface area contributed by atoms with Crippen molar-refractivity contribution < 1.29 is 28.7 Å². The summed E-state index contributed by atoms with van der Waals surface area (Å²) in [4.78, 5) is 52.1. The fraction of sp³-hybridized carbons (Fsp3) is 0.360. The van der Waals surface area contributed by atoms with Crippen LogP contribution in [0.1, 0.15) is 23.6 Å². The van der Waals surface area contributed by atoms with Crippen LogP contribution >= 0.6 is 0 Å². The summed E-state index contributed by atoms with van der Waals surface area (Å²) < 4.78 is 10.8. The number of urea groups is 1. The molecule has 0 aromatic heterocycles. The summed E-state index contributed by atoms with van der Waals surface area (Å²) in [5, 5.41) is 5.40. The molecule has 2 aromatic rings. The monoisotopic (exact) mass is 482 g/mol. The highest BCUT2D eigenvalue weighted by atomic mass is 16.5. The molecular formula is C25H30N4O6. The number of likely N-dealkylation sites (N-methyl/N-ethyl adjacent to an activating group) is 1. The highest BCUT2D eigenvalue weighted by Crippen LogP contribution is 2.29. The summed E-state index contributed by atoms with van der Waals surface area (Å²) in [5.41, 5.74) is 1.15. The highest BCUT2D eigenvalue weighted by molar-refractivity contribution is 6.09. The van der Waals surface area contributed by atoms with E-state index < -0.39 is 29.9 Å². The van der Waals surface area contributed by atoms with Gasteiger partial charge in [0.25, 0.3) is 11.8 Å². The van der Waals surface area contributed by atoms with Gasteiger partial charge in [-0.2, -0.15) is 0 Å². The Morgan fingerprint density at radius 1 is 1.09 bits per heavy atom. The van der Waals surface area contributed by atoms with E-state index in [0.29, 0.717) is 22.6 Å². The van der Waals surface area contributed by atoms with Gasteiger partial charge in [-0.15, -0.1) is 0 Å². The molecule has 2 aromatic carbocycles. The van der Waals surface area contributed by atoms with Crippen molar-refractivity contribution in [2.24, 2.45) is 0 Å². The molecule has 0 bridgehead atoms. The molecule has 5 amide bonds. The standard InChI is InChI=1S/C25H30N4O6/c1-16-6-9-18(10-7-16)25(2)23(32)29(24(33)27-25)14-21(30)26-13-17-8-11-19(20(12-17)34-5)35-15-22(31)28(3)4/h6-12H,13-15H2,1-5H3,(H,26,30)(H,27,33). The van der Waals surface area contributed by atoms with Gasteiger partial charge in [-0.1, -0.05) is 35.9 Å². The fourth-order valence-corrected chi connectivity index (χ4v) is 3.53. The van der Waals surface area contributed by atoms with Gasteiger partial charge in [-0.3, -0.25) is 19.3 Å². The van der Waals surface area contributed by atoms with Gasteiger partial charge in [0.1, 0.15) is 12.1 Å². The minimum Gasteiger partial charge on any atom is -0.493 e. The number of amides is 5. The number of carbonyl (C=O) groups excluding carboxylic acids is 4. The van der Waals surface area contributed by atoms with Crippen molar-refractivity contribution in [3.8, 4) is 11.5 Å². The molecular weight excluding hydrogens is 452 g/mol. The molecule has 1 aliphatic rings. The Hall–Kier alpha value is -4.08. The molecule has 1 aliphatic heterocycles. The van der Waals surface area contributed by atoms with Gasteiger partial charge in [0.05, 0.1) is 7.11 Å². The number of nitrogens with one attached hydrogen (secondary N) is 2. The van der Waals surface area contributed by atoms with Gasteiger partial charge in [0.2, 0.25) is 5.91 Å². The molecule has 0 spiro atoms. The van der Waals surface area contributed by atoms with Gasteiger partial charge in [-0.25, -0.2) is 4.79 Å². The first-order valence-electron chi connectivity index (χ1n) is 11.0. The van der Waals surface area contributed by atoms with Gasteiger partial charge in [0.15, 0.2) is 18.1 Å². The number of carbonyl (C=O) groups is 4. The number of hydrogen-bond acceptors (Lipinski definition) is 6. The van der Waals surface area contributed by atoms with E-state index in [1.165, 1.54) is 12.0 Å². The molecule has 2 N–H and O–H groups in total. The zero-order chi connectivity index (χ0) is 25.8. The van der Waals surface area contributed by atoms with Crippen LogP contribution < -0.4 is 20.1 Å². The average molecular weight is 483 g/mol. The Kier molecular flexibility index (Phi) is 7.63. The first-order chi connectivity index (χ1) is 16.5. The zero-order valence-corrected chi connectivity index (χ0v) is 20.5. The molecule has 3 rings (SSSR count). The molecule has 0 aliphatic carbocycles. The maximum absolute atomic E-state index is 13.0. The summed E-state index contributed by atoms with van der Waals surface area (Å²) >= 11 is 0. The van der Waals surface area contributed by atoms with Crippen molar-refractivity contribution in [3.05, 3.63) is 59.2 Å². The lowest BCUT2D eigenvalue weighted by Crippen LogP contribution is -2.43. The lowest BCUT2D eigenvalue weighted by Gasteiger charge is -2.22. The first kappa shape index (κ1) is 25.5. The van der Waals surface area contributed by atoms with Crippen molar-refractivity contribution in [3.63, 3.8) is 0 Å². The van der Waals surface area contributed by atoms with Crippen molar-refractivity contribution in [1.29, 1.82) is 0 Å². The molecule has 1 heterocycles. The number of rotatable bonds is 9. The van der Waals surface area contributed by atoms with Gasteiger partial charge >= 0.3 is 6.03 Å². The average Bonchev–Trinajstić information content (AvgIpc) is 3.05. The number of ether oxygens (including phenoxy) is 2. The van der Waals surface area contributed by atoms with E-state index in [4.69, 9.17) is 9.47 Å². The Labute approximate surface area is 204 Å². The van der Waals surface area contributed by atoms with Crippen LogP contribution in [0.4, 0.5) is 4.79 Å². The lowest BCUT2D eigenvalue weighted by atomic mass is 9.91. The molecule has 0 radical (unpaired) electrons.